The van der Waals surface area contributed by atoms with Crippen molar-refractivity contribution in [1.29, 1.82) is 0 Å². The second-order valence-electron chi connectivity index (χ2n) is 4.88. The number of hydrogen-bond donors (Lipinski definition) is 2. The highest BCUT2D eigenvalue weighted by Crippen LogP contribution is 2.21. The Labute approximate surface area is 102 Å². The molecule has 0 spiro atoms. The lowest BCUT2D eigenvalue weighted by molar-refractivity contribution is 0.217. The normalized spacial score (nSPS) is 21.4. The van der Waals surface area contributed by atoms with Crippen molar-refractivity contribution in [2.75, 3.05) is 37.7 Å². The molecule has 1 aliphatic heterocycles. The molecule has 94 valence electrons. The molecule has 1 aliphatic rings. The van der Waals surface area contributed by atoms with E-state index < -0.39 is 0 Å². The third-order valence-electron chi connectivity index (χ3n) is 3.32. The van der Waals surface area contributed by atoms with Crippen molar-refractivity contribution in [3.8, 4) is 0 Å². The Balaban J connectivity index is 1.90. The van der Waals surface area contributed by atoms with Gasteiger partial charge in [-0.1, -0.05) is 0 Å². The van der Waals surface area contributed by atoms with E-state index in [1.165, 1.54) is 31.5 Å². The number of nitrogens with two attached hydrogens (primary N) is 1. The van der Waals surface area contributed by atoms with Crippen LogP contribution in [0.25, 0.3) is 0 Å². The van der Waals surface area contributed by atoms with E-state index in [1.54, 1.807) is 6.07 Å². The fourth-order valence-corrected chi connectivity index (χ4v) is 2.38. The van der Waals surface area contributed by atoms with Gasteiger partial charge in [-0.05, 0) is 50.6 Å². The summed E-state index contributed by atoms with van der Waals surface area (Å²) in [6.07, 6.45) is 2.47. The van der Waals surface area contributed by atoms with Gasteiger partial charge in [0, 0.05) is 13.1 Å². The Bertz CT molecular complexity index is 381. The number of piperidine rings is 1. The Hall–Kier alpha value is -1.29. The highest BCUT2D eigenvalue weighted by atomic mass is 19.1. The summed E-state index contributed by atoms with van der Waals surface area (Å²) in [5.74, 6) is 0.374. The lowest BCUT2D eigenvalue weighted by atomic mass is 9.98. The first-order valence-electron chi connectivity index (χ1n) is 6.12. The molecule has 1 atom stereocenters. The molecular formula is C13H20FN3. The second-order valence-corrected chi connectivity index (χ2v) is 4.88. The summed E-state index contributed by atoms with van der Waals surface area (Å²) in [7, 11) is 2.14. The average Bonchev–Trinajstić information content (AvgIpc) is 2.30. The number of benzene rings is 1. The van der Waals surface area contributed by atoms with Gasteiger partial charge in [-0.15, -0.1) is 0 Å². The highest BCUT2D eigenvalue weighted by Gasteiger charge is 2.16. The standard InChI is InChI=1S/C13H20FN3/c1-17-6-2-3-10(9-17)8-16-13-7-11(14)4-5-12(13)15/h4-5,7,10,16H,2-3,6,8-9,15H2,1H3. The van der Waals surface area contributed by atoms with E-state index in [0.717, 1.165) is 13.1 Å². The molecule has 17 heavy (non-hydrogen) atoms. The van der Waals surface area contributed by atoms with E-state index in [4.69, 9.17) is 5.73 Å². The van der Waals surface area contributed by atoms with E-state index in [2.05, 4.69) is 17.3 Å². The van der Waals surface area contributed by atoms with Crippen LogP contribution in [0.3, 0.4) is 0 Å². The van der Waals surface area contributed by atoms with Gasteiger partial charge in [-0.2, -0.15) is 0 Å². The van der Waals surface area contributed by atoms with Crippen LogP contribution in [0.15, 0.2) is 18.2 Å². The van der Waals surface area contributed by atoms with Gasteiger partial charge in [0.2, 0.25) is 0 Å². The maximum Gasteiger partial charge on any atom is 0.125 e. The van der Waals surface area contributed by atoms with Crippen molar-refractivity contribution in [1.82, 2.24) is 4.90 Å². The van der Waals surface area contributed by atoms with Gasteiger partial charge in [0.25, 0.3) is 0 Å². The number of nitrogens with zero attached hydrogens (tertiary/aromatic N) is 1. The Morgan fingerprint density at radius 2 is 2.35 bits per heavy atom. The minimum atomic E-state index is -0.248. The Morgan fingerprint density at radius 3 is 3.12 bits per heavy atom. The molecule has 1 unspecified atom stereocenters. The fraction of sp³-hybridized carbons (Fsp3) is 0.538. The van der Waals surface area contributed by atoms with Crippen LogP contribution >= 0.6 is 0 Å². The number of likely N-dealkylation sites (tertiary alicyclic amines) is 1. The zero-order valence-electron chi connectivity index (χ0n) is 10.2. The number of nitrogens with one attached hydrogen (secondary N) is 1. The van der Waals surface area contributed by atoms with E-state index >= 15 is 0 Å². The van der Waals surface area contributed by atoms with Crippen molar-refractivity contribution < 1.29 is 4.39 Å². The minimum Gasteiger partial charge on any atom is -0.397 e. The predicted molar refractivity (Wildman–Crippen MR) is 69.5 cm³/mol. The fourth-order valence-electron chi connectivity index (χ4n) is 2.38. The largest absolute Gasteiger partial charge is 0.397 e. The number of halogens is 1. The molecule has 1 aromatic rings. The molecule has 1 heterocycles. The smallest absolute Gasteiger partial charge is 0.125 e. The van der Waals surface area contributed by atoms with Gasteiger partial charge in [-0.3, -0.25) is 0 Å². The summed E-state index contributed by atoms with van der Waals surface area (Å²) in [5.41, 5.74) is 7.11. The quantitative estimate of drug-likeness (QED) is 0.792. The Kier molecular flexibility index (Phi) is 3.84. The maximum absolute atomic E-state index is 13.1. The molecule has 0 bridgehead atoms. The van der Waals surface area contributed by atoms with Crippen LogP contribution in [0.1, 0.15) is 12.8 Å². The minimum absolute atomic E-state index is 0.248. The van der Waals surface area contributed by atoms with Gasteiger partial charge >= 0.3 is 0 Å². The van der Waals surface area contributed by atoms with E-state index in [0.29, 0.717) is 17.3 Å². The summed E-state index contributed by atoms with van der Waals surface area (Å²) in [4.78, 5) is 2.34. The molecule has 0 saturated carbocycles. The predicted octanol–water partition coefficient (Wildman–Crippen LogP) is 2.16. The van der Waals surface area contributed by atoms with Crippen molar-refractivity contribution >= 4 is 11.4 Å². The van der Waals surface area contributed by atoms with Crippen LogP contribution in [-0.4, -0.2) is 31.6 Å². The molecule has 3 N–H and O–H groups in total. The molecule has 2 rings (SSSR count). The van der Waals surface area contributed by atoms with Crippen molar-refractivity contribution in [3.63, 3.8) is 0 Å². The van der Waals surface area contributed by atoms with Crippen molar-refractivity contribution in [3.05, 3.63) is 24.0 Å². The van der Waals surface area contributed by atoms with Gasteiger partial charge < -0.3 is 16.0 Å². The van der Waals surface area contributed by atoms with Crippen LogP contribution in [0.2, 0.25) is 0 Å². The molecular weight excluding hydrogens is 217 g/mol. The third-order valence-corrected chi connectivity index (χ3v) is 3.32. The summed E-state index contributed by atoms with van der Waals surface area (Å²) in [6, 6.07) is 4.45. The Morgan fingerprint density at radius 1 is 1.53 bits per heavy atom. The van der Waals surface area contributed by atoms with E-state index in [-0.39, 0.29) is 5.82 Å². The maximum atomic E-state index is 13.1. The molecule has 0 amide bonds. The zero-order valence-corrected chi connectivity index (χ0v) is 10.2. The number of rotatable bonds is 3. The number of nitrogen functional groups attached to an aromatic ring is 1. The molecule has 1 saturated heterocycles. The molecule has 1 fully saturated rings. The first-order chi connectivity index (χ1) is 8.15. The molecule has 4 heteroatoms. The zero-order chi connectivity index (χ0) is 12.3. The van der Waals surface area contributed by atoms with Crippen molar-refractivity contribution in [2.24, 2.45) is 5.92 Å². The average molecular weight is 237 g/mol. The number of anilines is 2. The SMILES string of the molecule is CN1CCCC(CNc2cc(F)ccc2N)C1. The molecule has 0 radical (unpaired) electrons. The molecule has 0 aliphatic carbocycles. The summed E-state index contributed by atoms with van der Waals surface area (Å²) < 4.78 is 13.1. The molecule has 3 nitrogen and oxygen atoms in total. The van der Waals surface area contributed by atoms with Crippen LogP contribution in [-0.2, 0) is 0 Å². The highest BCUT2D eigenvalue weighted by molar-refractivity contribution is 5.65. The topological polar surface area (TPSA) is 41.3 Å². The van der Waals surface area contributed by atoms with Crippen LogP contribution < -0.4 is 11.1 Å². The lowest BCUT2D eigenvalue weighted by Crippen LogP contribution is -2.35. The van der Waals surface area contributed by atoms with Crippen molar-refractivity contribution in [2.45, 2.75) is 12.8 Å². The summed E-state index contributed by atoms with van der Waals surface area (Å²) >= 11 is 0. The second kappa shape index (κ2) is 5.36. The molecule has 1 aromatic carbocycles. The molecule has 0 aromatic heterocycles. The van der Waals surface area contributed by atoms with E-state index in [9.17, 15) is 4.39 Å². The first-order valence-corrected chi connectivity index (χ1v) is 6.12. The number of hydrogen-bond acceptors (Lipinski definition) is 3. The van der Waals surface area contributed by atoms with Gasteiger partial charge in [0.15, 0.2) is 0 Å². The summed E-state index contributed by atoms with van der Waals surface area (Å²) in [6.45, 7) is 3.14. The van der Waals surface area contributed by atoms with Gasteiger partial charge in [-0.25, -0.2) is 4.39 Å². The van der Waals surface area contributed by atoms with Crippen LogP contribution in [0, 0.1) is 11.7 Å². The first kappa shape index (κ1) is 12.2. The van der Waals surface area contributed by atoms with Gasteiger partial charge in [0.05, 0.1) is 11.4 Å². The monoisotopic (exact) mass is 237 g/mol. The van der Waals surface area contributed by atoms with E-state index in [1.807, 2.05) is 0 Å². The third kappa shape index (κ3) is 3.33. The summed E-state index contributed by atoms with van der Waals surface area (Å²) in [5, 5.41) is 3.25. The van der Waals surface area contributed by atoms with Crippen LogP contribution in [0.4, 0.5) is 15.8 Å². The van der Waals surface area contributed by atoms with Crippen LogP contribution in [0.5, 0.6) is 0 Å². The lowest BCUT2D eigenvalue weighted by Gasteiger charge is -2.30. The van der Waals surface area contributed by atoms with Gasteiger partial charge in [0.1, 0.15) is 5.82 Å².